The van der Waals surface area contributed by atoms with Crippen LogP contribution in [0.25, 0.3) is 0 Å². The van der Waals surface area contributed by atoms with Gasteiger partial charge in [-0.05, 0) is 0 Å². The van der Waals surface area contributed by atoms with E-state index in [-0.39, 0.29) is 0 Å². The molecule has 0 unspecified atom stereocenters. The Balaban J connectivity index is 0. The van der Waals surface area contributed by atoms with Gasteiger partial charge in [0.2, 0.25) is 0 Å². The Bertz CT molecular complexity index is 0. The molecular formula is Rf45. The average Bonchev–Trinajstić information content (AvgIpc) is 0. The van der Waals surface area contributed by atoms with Crippen LogP contribution >= 0.6 is 0 Å². The normalized spacial score (nSPS) is 0. The van der Waals surface area contributed by atoms with Gasteiger partial charge in [0.25, 0.3) is 0 Å². The molecule has 0 atom stereocenters. The average molecular weight is 12000 g/mol. The van der Waals surface area contributed by atoms with Crippen molar-refractivity contribution in [2.45, 2.75) is 0 Å². The number of rotatable bonds is 0. The van der Waals surface area contributed by atoms with Gasteiger partial charge < -0.3 is 0 Å². The topological polar surface area (TPSA) is 0 Å². The third-order valence-corrected chi connectivity index (χ3v) is 0. The summed E-state index contributed by atoms with van der Waals surface area (Å²) in [5.74, 6) is 0. The minimum atomic E-state index is 0. The Hall–Kier alpha value is -45.0. The Kier molecular flexibility index (Phi) is 0. The van der Waals surface area contributed by atoms with Crippen molar-refractivity contribution >= 4 is 0 Å². The van der Waals surface area contributed by atoms with Crippen LogP contribution in [0.4, 0.5) is 0 Å². The zero-order valence-corrected chi connectivity index (χ0v) is 320. The van der Waals surface area contributed by atoms with Gasteiger partial charge in [0.1, 0.15) is 0 Å². The smallest absolute Gasteiger partial charge is 0 e. The molecule has 0 bridgehead atoms. The Labute approximate surface area is 0 Å². The molecule has 0 heterocycles. The minimum Gasteiger partial charge on any atom is 0 e. The van der Waals surface area contributed by atoms with Crippen molar-refractivity contribution in [3.63, 3.8) is 0 Å². The summed E-state index contributed by atoms with van der Waals surface area (Å²) in [7, 11) is 0. The molecule has 0 nitrogen and oxygen atoms in total. The van der Waals surface area contributed by atoms with Crippen molar-refractivity contribution < 1.29 is 0 Å². The number of hydrogen-bond acceptors (Lipinski definition) is 0. The molecule has 45 heavy (non-hydrogen) atoms. The summed E-state index contributed by atoms with van der Waals surface area (Å²) in [6.07, 6.45) is 0. The van der Waals surface area contributed by atoms with Crippen molar-refractivity contribution in [1.29, 1.82) is 0 Å². The molecule has 0 aliphatic carbocycles. The van der Waals surface area contributed by atoms with E-state index in [4.69, 9.17) is 0 Å². The summed E-state index contributed by atoms with van der Waals surface area (Å²) in [5, 5.41) is 0. The van der Waals surface area contributed by atoms with Gasteiger partial charge in [-0.2, -0.15) is 0 Å². The van der Waals surface area contributed by atoms with Gasteiger partial charge in [-0.15, -0.1) is 0 Å². The third kappa shape index (κ3) is -0.00444. The second kappa shape index (κ2) is -0.00198. The van der Waals surface area contributed by atoms with Crippen molar-refractivity contribution in [2.24, 2.45) is 0 Å². The predicted octanol–water partition coefficient (Wildman–Crippen LogP) is 0. The summed E-state index contributed by atoms with van der Waals surface area (Å²) in [5.41, 5.74) is 0. The van der Waals surface area contributed by atoms with Gasteiger partial charge in [-0.1, -0.05) is 0 Å². The van der Waals surface area contributed by atoms with Gasteiger partial charge in [-0.3, -0.25) is 0 Å². The van der Waals surface area contributed by atoms with Crippen LogP contribution in [-0.2, 0) is 0 Å². The van der Waals surface area contributed by atoms with Gasteiger partial charge in [0.05, 0.1) is 0 Å². The van der Waals surface area contributed by atoms with E-state index in [1.54, 1.807) is 0 Å². The fraction of sp³-hybridized carbons (Fsp3) is 0. The molecule has 0 aromatic carbocycles. The maximum atomic E-state index is 0. The summed E-state index contributed by atoms with van der Waals surface area (Å²) in [4.78, 5) is 0. The molecule has 0 amide bonds. The SMILES string of the molecule is [Rf].[Rf].[Rf].[Rf].[Rf].[Rf].[Rf].[Rf].[Rf].[Rf].[Rf].[Rf].[Rf].[Rf].[Rf].[Rf].[Rf].[Rf].[Rf].[Rf].[Rf].[Rf].[Rf].[Rf].[Rf].[Rf].[Rf].[Rf].[Rf].[Rf].[Rf].[Rf].[Rf].[Rf].[Rf].[Rf].[Rf].[Rf].[Rf].[Rf].[Rf].[Rf].[Rf].[Rf].[Rf]. The van der Waals surface area contributed by atoms with Gasteiger partial charge >= 0.3 is 0 Å². The van der Waals surface area contributed by atoms with Gasteiger partial charge in [-0.25, -0.2) is 0 Å². The van der Waals surface area contributed by atoms with E-state index in [0.29, 0.717) is 0 Å². The fourth-order valence-electron chi connectivity index (χ4n) is 0. The quantitative estimate of drug-likeness (QED) is 0.321. The van der Waals surface area contributed by atoms with Crippen LogP contribution < -0.4 is 0 Å². The van der Waals surface area contributed by atoms with Gasteiger partial charge in [0.15, 0.2) is 0 Å². The Morgan fingerprint density at radius 3 is 0.0222 bits per heavy atom. The van der Waals surface area contributed by atoms with Crippen LogP contribution in [-0.4, -0.2) is 0 Å². The van der Waals surface area contributed by atoms with Crippen molar-refractivity contribution in [2.75, 3.05) is 0 Å². The number of hydrogen-bond donors (Lipinski definition) is 0. The molecular weight excluding hydrogens is 12000 g/mol. The molecule has 0 aliphatic rings. The van der Waals surface area contributed by atoms with Crippen LogP contribution in [0.5, 0.6) is 0 Å². The van der Waals surface area contributed by atoms with Crippen LogP contribution in [0.2, 0.25) is 0 Å². The van der Waals surface area contributed by atoms with E-state index in [0.717, 1.165) is 0 Å². The molecule has 0 N–H and O–H groups in total. The zero-order valence-electron chi connectivity index (χ0n) is 31.8. The predicted molar refractivity (Wildman–Crippen MR) is 0 cm³/mol. The summed E-state index contributed by atoms with van der Waals surface area (Å²) in [6, 6.07) is 0. The Morgan fingerprint density at radius 2 is 0.0222 bits per heavy atom. The van der Waals surface area contributed by atoms with Crippen LogP contribution in [0.15, 0.2) is 0 Å². The van der Waals surface area contributed by atoms with E-state index in [1.807, 2.05) is 0 Å². The molecule has 45 heteroatoms. The molecule has 0 radical (unpaired) electrons. The first-order valence-corrected chi connectivity index (χ1v) is 0. The first-order valence-electron chi connectivity index (χ1n) is 0. The minimum absolute atomic E-state index is 0. The monoisotopic (exact) mass is 12000 g/mol. The first kappa shape index (κ1) is 0. The van der Waals surface area contributed by atoms with Crippen LogP contribution in [0.1, 0.15) is 0 Å². The Morgan fingerprint density at radius 1 is 0.0222 bits per heavy atom. The van der Waals surface area contributed by atoms with Gasteiger partial charge in [0, 0.05) is 0 Å². The second-order valence-corrected chi connectivity index (χ2v) is 0. The van der Waals surface area contributed by atoms with Crippen LogP contribution in [0.3, 0.4) is 0 Å². The first-order chi connectivity index (χ1) is 0. The molecule has 0 rings (SSSR count). The molecule has 90 valence electrons. The molecule has 0 spiro atoms. The van der Waals surface area contributed by atoms with Crippen molar-refractivity contribution in [3.8, 4) is 0 Å². The molecule has 0 aromatic rings. The second-order valence-electron chi connectivity index (χ2n) is 0. The van der Waals surface area contributed by atoms with E-state index < -0.39 is 0 Å². The van der Waals surface area contributed by atoms with Crippen molar-refractivity contribution in [3.05, 3.63) is 0 Å². The maximum Gasteiger partial charge on any atom is 0 e. The zero-order chi connectivity index (χ0) is 0. The molecule has 0 saturated carbocycles. The third-order valence-electron chi connectivity index (χ3n) is 0. The van der Waals surface area contributed by atoms with E-state index in [9.17, 15) is 0 Å². The summed E-state index contributed by atoms with van der Waals surface area (Å²) < 4.78 is 0. The molecule has 0 aliphatic heterocycles. The van der Waals surface area contributed by atoms with Crippen LogP contribution in [0, 0.1) is 0 Å². The largest absolute Gasteiger partial charge is 0 e. The summed E-state index contributed by atoms with van der Waals surface area (Å²) >= 11 is 0. The maximum absolute atomic E-state index is 0. The van der Waals surface area contributed by atoms with E-state index >= 15 is 0 Å². The van der Waals surface area contributed by atoms with E-state index in [2.05, 4.69) is 0 Å². The standard InChI is InChI=1S/45Rf. The van der Waals surface area contributed by atoms with Crippen molar-refractivity contribution in [1.82, 2.24) is 0 Å². The summed E-state index contributed by atoms with van der Waals surface area (Å²) in [6.45, 7) is 0. The fourth-order valence-corrected chi connectivity index (χ4v) is 0. The molecule has 0 aromatic heterocycles. The molecule has 0 fully saturated rings. The van der Waals surface area contributed by atoms with E-state index in [1.165, 1.54) is 0 Å². The molecule has 0 saturated heterocycles.